The molecule has 2 saturated heterocycles. The van der Waals surface area contributed by atoms with Gasteiger partial charge in [0.05, 0.1) is 23.9 Å². The smallest absolute Gasteiger partial charge is 0.489 e. The number of pyridine rings is 1. The molecule has 1 aromatic heterocycles. The van der Waals surface area contributed by atoms with Crippen molar-refractivity contribution in [3.63, 3.8) is 0 Å². The largest absolute Gasteiger partial charge is 0.493 e. The second-order valence-corrected chi connectivity index (χ2v) is 11.4. The molecule has 0 radical (unpaired) electrons. The number of benzene rings is 2. The van der Waals surface area contributed by atoms with Crippen molar-refractivity contribution in [1.29, 1.82) is 0 Å². The lowest BCUT2D eigenvalue weighted by Crippen LogP contribution is -2.50. The molecule has 0 spiro atoms. The van der Waals surface area contributed by atoms with Crippen molar-refractivity contribution >= 4 is 34.5 Å². The number of thioether (sulfide) groups is 1. The van der Waals surface area contributed by atoms with Gasteiger partial charge >= 0.3 is 12.1 Å². The molecule has 6 rings (SSSR count). The number of amides is 1. The first-order chi connectivity index (χ1) is 19.7. The van der Waals surface area contributed by atoms with Gasteiger partial charge in [-0.1, -0.05) is 23.4 Å². The van der Waals surface area contributed by atoms with Crippen molar-refractivity contribution < 1.29 is 32.3 Å². The molecule has 2 N–H and O–H groups in total. The average Bonchev–Trinajstić information content (AvgIpc) is 3.45. The standard InChI is InChI=1S/C27H25F3N6O4S/c1-15-10-16(18-4-2-3-5-22(18)33-15)14-39-17-6-7-19(24(37)34-40-25(38)27(28,29)30)20(11-17)21-12-31-13-23-26(21,41-23)36-9-8-32-35-36/h2-7,10-11,21,23,31H,8-9,12-14H2,1H3,(H,34,37)/t21-,23?,26+/m1/s1. The van der Waals surface area contributed by atoms with Crippen molar-refractivity contribution in [1.82, 2.24) is 20.8 Å². The first-order valence-corrected chi connectivity index (χ1v) is 13.8. The minimum atomic E-state index is -5.25. The van der Waals surface area contributed by atoms with E-state index in [1.165, 1.54) is 6.07 Å². The number of rotatable bonds is 6. The van der Waals surface area contributed by atoms with Gasteiger partial charge < -0.3 is 14.9 Å². The van der Waals surface area contributed by atoms with Gasteiger partial charge in [0.2, 0.25) is 0 Å². The third kappa shape index (κ3) is 5.17. The molecule has 1 unspecified atom stereocenters. The summed E-state index contributed by atoms with van der Waals surface area (Å²) in [4.78, 5) is 32.4. The van der Waals surface area contributed by atoms with E-state index in [4.69, 9.17) is 4.74 Å². The Morgan fingerprint density at radius 2 is 2.02 bits per heavy atom. The van der Waals surface area contributed by atoms with E-state index >= 15 is 0 Å². The highest BCUT2D eigenvalue weighted by Crippen LogP contribution is 2.65. The minimum Gasteiger partial charge on any atom is -0.489 e. The number of halogens is 3. The topological polar surface area (TPSA) is 118 Å². The minimum absolute atomic E-state index is 0.0630. The number of hydroxylamine groups is 1. The third-order valence-corrected chi connectivity index (χ3v) is 9.05. The summed E-state index contributed by atoms with van der Waals surface area (Å²) in [6.45, 7) is 4.53. The van der Waals surface area contributed by atoms with E-state index in [9.17, 15) is 22.8 Å². The van der Waals surface area contributed by atoms with Gasteiger partial charge in [-0.2, -0.15) is 23.8 Å². The average molecular weight is 587 g/mol. The molecule has 0 bridgehead atoms. The Hall–Kier alpha value is -3.91. The fourth-order valence-corrected chi connectivity index (χ4v) is 7.07. The number of hydrogen-bond acceptors (Lipinski definition) is 10. The third-order valence-electron chi connectivity index (χ3n) is 7.33. The second-order valence-electron chi connectivity index (χ2n) is 9.94. The number of aryl methyl sites for hydroxylation is 1. The molecule has 3 aromatic rings. The van der Waals surface area contributed by atoms with E-state index in [2.05, 4.69) is 25.5 Å². The van der Waals surface area contributed by atoms with Crippen molar-refractivity contribution in [3.8, 4) is 5.75 Å². The number of nitrogens with one attached hydrogen (secondary N) is 2. The van der Waals surface area contributed by atoms with Gasteiger partial charge in [-0.15, -0.1) is 11.8 Å². The first kappa shape index (κ1) is 27.3. The zero-order valence-corrected chi connectivity index (χ0v) is 22.6. The Kier molecular flexibility index (Phi) is 6.98. The quantitative estimate of drug-likeness (QED) is 0.328. The number of carbonyl (C=O) groups is 2. The maximum Gasteiger partial charge on any atom is 0.493 e. The van der Waals surface area contributed by atoms with Gasteiger partial charge in [0.1, 0.15) is 17.2 Å². The first-order valence-electron chi connectivity index (χ1n) is 12.9. The molecule has 14 heteroatoms. The number of aromatic nitrogens is 1. The molecule has 0 saturated carbocycles. The lowest BCUT2D eigenvalue weighted by Gasteiger charge is -2.36. The van der Waals surface area contributed by atoms with Crippen LogP contribution in [-0.4, -0.2) is 64.3 Å². The van der Waals surface area contributed by atoms with Crippen LogP contribution in [0.1, 0.15) is 33.1 Å². The number of carbonyl (C=O) groups excluding carboxylic acids is 2. The zero-order chi connectivity index (χ0) is 28.8. The van der Waals surface area contributed by atoms with Crippen LogP contribution in [0.15, 0.2) is 58.9 Å². The second kappa shape index (κ2) is 10.5. The van der Waals surface area contributed by atoms with E-state index in [0.717, 1.165) is 28.7 Å². The van der Waals surface area contributed by atoms with Crippen LogP contribution in [0.5, 0.6) is 5.75 Å². The van der Waals surface area contributed by atoms with Crippen LogP contribution >= 0.6 is 11.8 Å². The molecule has 2 aromatic carbocycles. The van der Waals surface area contributed by atoms with Gasteiger partial charge in [0, 0.05) is 41.2 Å². The SMILES string of the molecule is Cc1cc(COc2ccc(C(=O)NOC(=O)C(F)(F)F)c([C@H]3CNCC4S[C@]43N3CCN=N3)c2)c2ccccc2n1. The molecule has 3 aliphatic rings. The maximum atomic E-state index is 13.1. The summed E-state index contributed by atoms with van der Waals surface area (Å²) >= 11 is 1.70. The fourth-order valence-electron chi connectivity index (χ4n) is 5.49. The Balaban J connectivity index is 1.32. The molecular formula is C27H25F3N6O4S. The predicted molar refractivity (Wildman–Crippen MR) is 143 cm³/mol. The number of ether oxygens (including phenoxy) is 1. The monoisotopic (exact) mass is 586 g/mol. The number of piperidine rings is 1. The van der Waals surface area contributed by atoms with Gasteiger partial charge in [-0.3, -0.25) is 14.8 Å². The summed E-state index contributed by atoms with van der Waals surface area (Å²) in [7, 11) is 0. The summed E-state index contributed by atoms with van der Waals surface area (Å²) in [5, 5.41) is 14.9. The number of para-hydroxylation sites is 1. The van der Waals surface area contributed by atoms with Crippen LogP contribution in [0.2, 0.25) is 0 Å². The maximum absolute atomic E-state index is 13.1. The van der Waals surface area contributed by atoms with Crippen LogP contribution in [0, 0.1) is 6.92 Å². The fraction of sp³-hybridized carbons (Fsp3) is 0.370. The molecule has 3 aliphatic heterocycles. The van der Waals surface area contributed by atoms with Crippen molar-refractivity contribution in [2.75, 3.05) is 26.2 Å². The van der Waals surface area contributed by atoms with Crippen molar-refractivity contribution in [2.24, 2.45) is 10.3 Å². The number of nitrogens with zero attached hydrogens (tertiary/aromatic N) is 4. The van der Waals surface area contributed by atoms with Gasteiger partial charge in [0.15, 0.2) is 0 Å². The molecule has 0 aliphatic carbocycles. The normalized spacial score (nSPS) is 23.3. The Bertz CT molecular complexity index is 1550. The van der Waals surface area contributed by atoms with Crippen LogP contribution in [0.3, 0.4) is 0 Å². The van der Waals surface area contributed by atoms with Crippen LogP contribution < -0.4 is 15.5 Å². The highest BCUT2D eigenvalue weighted by molar-refractivity contribution is 8.08. The molecule has 41 heavy (non-hydrogen) atoms. The Labute approximate surface area is 236 Å². The van der Waals surface area contributed by atoms with E-state index in [1.54, 1.807) is 29.4 Å². The predicted octanol–water partition coefficient (Wildman–Crippen LogP) is 4.05. The molecule has 2 fully saturated rings. The summed E-state index contributed by atoms with van der Waals surface area (Å²) in [5.41, 5.74) is 4.87. The summed E-state index contributed by atoms with van der Waals surface area (Å²) in [5.74, 6) is -3.33. The Morgan fingerprint density at radius 1 is 1.20 bits per heavy atom. The molecule has 214 valence electrons. The van der Waals surface area contributed by atoms with E-state index in [0.29, 0.717) is 30.9 Å². The lowest BCUT2D eigenvalue weighted by atomic mass is 9.83. The van der Waals surface area contributed by atoms with Gasteiger partial charge in [-0.05, 0) is 42.8 Å². The molecule has 4 heterocycles. The summed E-state index contributed by atoms with van der Waals surface area (Å²) in [6.07, 6.45) is -5.25. The lowest BCUT2D eigenvalue weighted by molar-refractivity contribution is -0.204. The van der Waals surface area contributed by atoms with Crippen molar-refractivity contribution in [2.45, 2.75) is 35.7 Å². The molecule has 10 nitrogen and oxygen atoms in total. The Morgan fingerprint density at radius 3 is 2.80 bits per heavy atom. The molecular weight excluding hydrogens is 561 g/mol. The van der Waals surface area contributed by atoms with E-state index in [1.807, 2.05) is 42.3 Å². The molecule has 3 atom stereocenters. The summed E-state index contributed by atoms with van der Waals surface area (Å²) < 4.78 is 44.2. The van der Waals surface area contributed by atoms with Crippen LogP contribution in [0.25, 0.3) is 10.9 Å². The van der Waals surface area contributed by atoms with Crippen molar-refractivity contribution in [3.05, 3.63) is 70.9 Å². The van der Waals surface area contributed by atoms with Gasteiger partial charge in [0.25, 0.3) is 5.91 Å². The number of alkyl halides is 3. The highest BCUT2D eigenvalue weighted by atomic mass is 32.2. The van der Waals surface area contributed by atoms with Gasteiger partial charge in [-0.25, -0.2) is 4.79 Å². The van der Waals surface area contributed by atoms with Crippen LogP contribution in [-0.2, 0) is 16.2 Å². The van der Waals surface area contributed by atoms with Crippen LogP contribution in [0.4, 0.5) is 13.2 Å². The molecule has 1 amide bonds. The number of hydrogen-bond donors (Lipinski definition) is 2. The number of fused-ring (bicyclic) bond motifs is 2. The van der Waals surface area contributed by atoms with E-state index in [-0.39, 0.29) is 23.3 Å². The van der Waals surface area contributed by atoms with E-state index < -0.39 is 22.9 Å². The zero-order valence-electron chi connectivity index (χ0n) is 21.8. The highest BCUT2D eigenvalue weighted by Gasteiger charge is 2.67. The summed E-state index contributed by atoms with van der Waals surface area (Å²) in [6, 6.07) is 14.4.